The van der Waals surface area contributed by atoms with Gasteiger partial charge in [-0.3, -0.25) is 4.79 Å². The second kappa shape index (κ2) is 3.48. The van der Waals surface area contributed by atoms with E-state index in [4.69, 9.17) is 5.73 Å². The Bertz CT molecular complexity index is 273. The first kappa shape index (κ1) is 10.9. The zero-order valence-corrected chi connectivity index (χ0v) is 9.81. The third-order valence-electron chi connectivity index (χ3n) is 4.33. The Kier molecular flexibility index (Phi) is 2.53. The molecule has 86 valence electrons. The monoisotopic (exact) mass is 210 g/mol. The third kappa shape index (κ3) is 2.03. The predicted octanol–water partition coefficient (Wildman–Crippen LogP) is 1.42. The van der Waals surface area contributed by atoms with E-state index >= 15 is 0 Å². The molecule has 0 radical (unpaired) electrons. The number of hydrogen-bond donors (Lipinski definition) is 2. The zero-order valence-electron chi connectivity index (χ0n) is 9.81. The molecule has 2 aliphatic rings. The molecule has 0 saturated heterocycles. The molecule has 0 aliphatic heterocycles. The van der Waals surface area contributed by atoms with Gasteiger partial charge in [0.1, 0.15) is 0 Å². The molecule has 2 rings (SSSR count). The molecule has 0 spiro atoms. The summed E-state index contributed by atoms with van der Waals surface area (Å²) in [6.07, 6.45) is 5.51. The second-order valence-electron chi connectivity index (χ2n) is 5.91. The van der Waals surface area contributed by atoms with Crippen molar-refractivity contribution in [2.45, 2.75) is 52.0 Å². The summed E-state index contributed by atoms with van der Waals surface area (Å²) in [5.41, 5.74) is 6.08. The van der Waals surface area contributed by atoms with Crippen molar-refractivity contribution in [3.05, 3.63) is 0 Å². The average molecular weight is 210 g/mol. The normalized spacial score (nSPS) is 37.7. The fourth-order valence-electron chi connectivity index (χ4n) is 2.36. The standard InChI is InChI=1S/C12H22N2O/c1-11(6-7-11)8-14-10(15)12(2)5-3-4-9(12)13/h9H,3-8,13H2,1-2H3,(H,14,15). The number of nitrogens with one attached hydrogen (secondary N) is 1. The highest BCUT2D eigenvalue weighted by Gasteiger charge is 2.44. The van der Waals surface area contributed by atoms with Crippen LogP contribution in [-0.4, -0.2) is 18.5 Å². The molecule has 2 saturated carbocycles. The first-order chi connectivity index (χ1) is 6.96. The van der Waals surface area contributed by atoms with Crippen molar-refractivity contribution in [3.8, 4) is 0 Å². The van der Waals surface area contributed by atoms with Crippen LogP contribution >= 0.6 is 0 Å². The number of carbonyl (C=O) groups excluding carboxylic acids is 1. The summed E-state index contributed by atoms with van der Waals surface area (Å²) >= 11 is 0. The van der Waals surface area contributed by atoms with Crippen LogP contribution in [0.3, 0.4) is 0 Å². The minimum Gasteiger partial charge on any atom is -0.355 e. The maximum absolute atomic E-state index is 12.1. The lowest BCUT2D eigenvalue weighted by molar-refractivity contribution is -0.130. The summed E-state index contributed by atoms with van der Waals surface area (Å²) in [7, 11) is 0. The minimum atomic E-state index is -0.314. The van der Waals surface area contributed by atoms with E-state index in [9.17, 15) is 4.79 Å². The minimum absolute atomic E-state index is 0.0458. The van der Waals surface area contributed by atoms with E-state index in [0.717, 1.165) is 25.8 Å². The molecule has 0 aromatic carbocycles. The summed E-state index contributed by atoms with van der Waals surface area (Å²) < 4.78 is 0. The van der Waals surface area contributed by atoms with Crippen molar-refractivity contribution in [1.82, 2.24) is 5.32 Å². The summed E-state index contributed by atoms with van der Waals surface area (Å²) in [5, 5.41) is 3.08. The maximum atomic E-state index is 12.1. The van der Waals surface area contributed by atoms with Crippen LogP contribution in [-0.2, 0) is 4.79 Å². The van der Waals surface area contributed by atoms with Crippen molar-refractivity contribution in [2.75, 3.05) is 6.54 Å². The lowest BCUT2D eigenvalue weighted by Crippen LogP contribution is -2.48. The molecule has 15 heavy (non-hydrogen) atoms. The molecule has 0 aromatic heterocycles. The van der Waals surface area contributed by atoms with E-state index < -0.39 is 0 Å². The average Bonchev–Trinajstić information content (AvgIpc) is 2.83. The lowest BCUT2D eigenvalue weighted by atomic mass is 9.84. The summed E-state index contributed by atoms with van der Waals surface area (Å²) in [5.74, 6) is 0.167. The molecule has 0 aromatic rings. The van der Waals surface area contributed by atoms with Crippen LogP contribution in [0.1, 0.15) is 46.0 Å². The molecule has 0 heterocycles. The van der Waals surface area contributed by atoms with Gasteiger partial charge in [-0.05, 0) is 38.0 Å². The maximum Gasteiger partial charge on any atom is 0.227 e. The molecule has 1 amide bonds. The highest BCUT2D eigenvalue weighted by molar-refractivity contribution is 5.83. The van der Waals surface area contributed by atoms with Gasteiger partial charge in [-0.15, -0.1) is 0 Å². The predicted molar refractivity (Wildman–Crippen MR) is 60.3 cm³/mol. The molecular weight excluding hydrogens is 188 g/mol. The van der Waals surface area contributed by atoms with Gasteiger partial charge in [0.05, 0.1) is 5.41 Å². The number of amides is 1. The van der Waals surface area contributed by atoms with Gasteiger partial charge in [-0.2, -0.15) is 0 Å². The van der Waals surface area contributed by atoms with Crippen molar-refractivity contribution in [3.63, 3.8) is 0 Å². The second-order valence-corrected chi connectivity index (χ2v) is 5.91. The van der Waals surface area contributed by atoms with E-state index in [2.05, 4.69) is 12.2 Å². The van der Waals surface area contributed by atoms with Gasteiger partial charge in [0, 0.05) is 12.6 Å². The summed E-state index contributed by atoms with van der Waals surface area (Å²) in [6.45, 7) is 5.06. The van der Waals surface area contributed by atoms with Crippen molar-refractivity contribution in [2.24, 2.45) is 16.6 Å². The number of hydrogen-bond acceptors (Lipinski definition) is 2. The number of carbonyl (C=O) groups is 1. The Balaban J connectivity index is 1.89. The molecule has 0 bridgehead atoms. The first-order valence-electron chi connectivity index (χ1n) is 6.00. The van der Waals surface area contributed by atoms with Gasteiger partial charge in [0.15, 0.2) is 0 Å². The SMILES string of the molecule is CC1(CNC(=O)C2(C)CCCC2N)CC1. The van der Waals surface area contributed by atoms with E-state index in [1.54, 1.807) is 0 Å². The van der Waals surface area contributed by atoms with Crippen LogP contribution in [0.2, 0.25) is 0 Å². The Morgan fingerprint density at radius 3 is 2.53 bits per heavy atom. The van der Waals surface area contributed by atoms with E-state index in [-0.39, 0.29) is 17.4 Å². The molecule has 3 N–H and O–H groups in total. The Labute approximate surface area is 91.8 Å². The van der Waals surface area contributed by atoms with Crippen LogP contribution in [0.5, 0.6) is 0 Å². The van der Waals surface area contributed by atoms with Crippen LogP contribution in [0.4, 0.5) is 0 Å². The lowest BCUT2D eigenvalue weighted by Gasteiger charge is -2.28. The molecule has 2 unspecified atom stereocenters. The quantitative estimate of drug-likeness (QED) is 0.740. The van der Waals surface area contributed by atoms with E-state index in [1.165, 1.54) is 12.8 Å². The van der Waals surface area contributed by atoms with Gasteiger partial charge in [-0.25, -0.2) is 0 Å². The zero-order chi connectivity index (χ0) is 11.1. The Morgan fingerprint density at radius 2 is 2.07 bits per heavy atom. The fourth-order valence-corrected chi connectivity index (χ4v) is 2.36. The van der Waals surface area contributed by atoms with Gasteiger partial charge in [0.25, 0.3) is 0 Å². The van der Waals surface area contributed by atoms with E-state index in [0.29, 0.717) is 5.41 Å². The van der Waals surface area contributed by atoms with Crippen LogP contribution < -0.4 is 11.1 Å². The van der Waals surface area contributed by atoms with Crippen molar-refractivity contribution in [1.29, 1.82) is 0 Å². The largest absolute Gasteiger partial charge is 0.355 e. The van der Waals surface area contributed by atoms with Crippen molar-refractivity contribution < 1.29 is 4.79 Å². The van der Waals surface area contributed by atoms with Gasteiger partial charge in [0.2, 0.25) is 5.91 Å². The van der Waals surface area contributed by atoms with E-state index in [1.807, 2.05) is 6.92 Å². The molecule has 2 aliphatic carbocycles. The fraction of sp³-hybridized carbons (Fsp3) is 0.917. The number of nitrogens with two attached hydrogens (primary N) is 1. The molecule has 2 fully saturated rings. The van der Waals surface area contributed by atoms with Crippen LogP contribution in [0.15, 0.2) is 0 Å². The van der Waals surface area contributed by atoms with Gasteiger partial charge < -0.3 is 11.1 Å². The van der Waals surface area contributed by atoms with Gasteiger partial charge in [-0.1, -0.05) is 13.3 Å². The Morgan fingerprint density at radius 1 is 1.40 bits per heavy atom. The summed E-state index contributed by atoms with van der Waals surface area (Å²) in [4.78, 5) is 12.1. The van der Waals surface area contributed by atoms with Crippen LogP contribution in [0, 0.1) is 10.8 Å². The topological polar surface area (TPSA) is 55.1 Å². The van der Waals surface area contributed by atoms with Gasteiger partial charge >= 0.3 is 0 Å². The smallest absolute Gasteiger partial charge is 0.227 e. The molecular formula is C12H22N2O. The highest BCUT2D eigenvalue weighted by Crippen LogP contribution is 2.44. The third-order valence-corrected chi connectivity index (χ3v) is 4.33. The van der Waals surface area contributed by atoms with Crippen LogP contribution in [0.25, 0.3) is 0 Å². The van der Waals surface area contributed by atoms with Crippen molar-refractivity contribution >= 4 is 5.91 Å². The molecule has 3 nitrogen and oxygen atoms in total. The highest BCUT2D eigenvalue weighted by atomic mass is 16.2. The first-order valence-corrected chi connectivity index (χ1v) is 6.00. The Hall–Kier alpha value is -0.570. The molecule has 3 heteroatoms. The molecule has 2 atom stereocenters. The summed E-state index contributed by atoms with van der Waals surface area (Å²) in [6, 6.07) is 0.0458. The number of rotatable bonds is 3.